The first kappa shape index (κ1) is 19.7. The van der Waals surface area contributed by atoms with E-state index in [2.05, 4.69) is 25.2 Å². The summed E-state index contributed by atoms with van der Waals surface area (Å²) in [5.74, 6) is 1.63. The Morgan fingerprint density at radius 3 is 2.89 bits per heavy atom. The monoisotopic (exact) mass is 406 g/mol. The van der Waals surface area contributed by atoms with E-state index in [0.717, 1.165) is 37.4 Å². The second-order valence-corrected chi connectivity index (χ2v) is 7.60. The third-order valence-electron chi connectivity index (χ3n) is 4.67. The normalized spacial score (nSPS) is 19.0. The second kappa shape index (κ2) is 9.24. The van der Waals surface area contributed by atoms with E-state index in [1.807, 2.05) is 25.1 Å². The first-order valence-corrected chi connectivity index (χ1v) is 9.82. The molecule has 0 radical (unpaired) electrons. The molecule has 1 aromatic heterocycles. The van der Waals surface area contributed by atoms with Crippen molar-refractivity contribution in [3.63, 3.8) is 0 Å². The minimum absolute atomic E-state index is 0.0564. The number of hydrogen-bond donors (Lipinski definition) is 2. The molecule has 2 aromatic rings. The molecular formula is C19H24Cl2N6. The number of nitrogens with zero attached hydrogens (tertiary/aromatic N) is 4. The van der Waals surface area contributed by atoms with Gasteiger partial charge in [-0.25, -0.2) is 9.97 Å². The topological polar surface area (TPSA) is 79.4 Å². The van der Waals surface area contributed by atoms with E-state index in [-0.39, 0.29) is 6.04 Å². The van der Waals surface area contributed by atoms with Gasteiger partial charge in [0.15, 0.2) is 5.96 Å². The average Bonchev–Trinajstić information content (AvgIpc) is 2.67. The lowest BCUT2D eigenvalue weighted by Gasteiger charge is -2.32. The van der Waals surface area contributed by atoms with Crippen LogP contribution in [-0.4, -0.2) is 35.6 Å². The molecule has 3 N–H and O–H groups in total. The number of piperidine rings is 1. The molecule has 0 saturated carbocycles. The third kappa shape index (κ3) is 5.47. The van der Waals surface area contributed by atoms with Crippen molar-refractivity contribution in [3.05, 3.63) is 52.3 Å². The van der Waals surface area contributed by atoms with Crippen LogP contribution in [0.25, 0.3) is 0 Å². The van der Waals surface area contributed by atoms with Crippen molar-refractivity contribution in [2.45, 2.75) is 25.8 Å². The van der Waals surface area contributed by atoms with Crippen LogP contribution in [0.5, 0.6) is 0 Å². The predicted molar refractivity (Wildman–Crippen MR) is 111 cm³/mol. The van der Waals surface area contributed by atoms with E-state index in [1.165, 1.54) is 0 Å². The summed E-state index contributed by atoms with van der Waals surface area (Å²) in [4.78, 5) is 15.4. The van der Waals surface area contributed by atoms with E-state index >= 15 is 0 Å². The number of halogens is 2. The minimum atomic E-state index is -0.0564. The van der Waals surface area contributed by atoms with Crippen LogP contribution >= 0.6 is 23.2 Å². The van der Waals surface area contributed by atoms with Crippen molar-refractivity contribution in [3.8, 4) is 0 Å². The highest BCUT2D eigenvalue weighted by atomic mass is 35.5. The first-order valence-electron chi connectivity index (χ1n) is 9.06. The number of rotatable bonds is 5. The molecule has 1 aromatic carbocycles. The van der Waals surface area contributed by atoms with Gasteiger partial charge in [-0.15, -0.1) is 0 Å². The molecule has 8 heteroatoms. The summed E-state index contributed by atoms with van der Waals surface area (Å²) >= 11 is 12.2. The first-order chi connectivity index (χ1) is 13.0. The van der Waals surface area contributed by atoms with Gasteiger partial charge in [0.1, 0.15) is 0 Å². The van der Waals surface area contributed by atoms with Crippen LogP contribution in [0.3, 0.4) is 0 Å². The van der Waals surface area contributed by atoms with Crippen molar-refractivity contribution in [1.29, 1.82) is 0 Å². The molecular weight excluding hydrogens is 383 g/mol. The maximum absolute atomic E-state index is 6.26. The van der Waals surface area contributed by atoms with Gasteiger partial charge in [0.2, 0.25) is 5.95 Å². The molecule has 1 aliphatic heterocycles. The molecule has 0 bridgehead atoms. The van der Waals surface area contributed by atoms with Crippen LogP contribution in [-0.2, 0) is 0 Å². The lowest BCUT2D eigenvalue weighted by molar-refractivity contribution is 0.419. The van der Waals surface area contributed by atoms with Gasteiger partial charge >= 0.3 is 0 Å². The molecule has 1 fully saturated rings. The van der Waals surface area contributed by atoms with Gasteiger partial charge in [-0.1, -0.05) is 29.3 Å². The van der Waals surface area contributed by atoms with Crippen LogP contribution in [0.1, 0.15) is 31.4 Å². The van der Waals surface area contributed by atoms with Gasteiger partial charge in [0.05, 0.1) is 6.04 Å². The lowest BCUT2D eigenvalue weighted by Crippen LogP contribution is -2.39. The lowest BCUT2D eigenvalue weighted by atomic mass is 9.98. The van der Waals surface area contributed by atoms with Crippen LogP contribution in [0, 0.1) is 5.92 Å². The van der Waals surface area contributed by atoms with Gasteiger partial charge in [0, 0.05) is 42.1 Å². The number of aromatic nitrogens is 2. The summed E-state index contributed by atoms with van der Waals surface area (Å²) in [5, 5.41) is 4.43. The Morgan fingerprint density at radius 1 is 1.37 bits per heavy atom. The summed E-state index contributed by atoms with van der Waals surface area (Å²) in [6.07, 6.45) is 5.77. The van der Waals surface area contributed by atoms with E-state index in [0.29, 0.717) is 28.5 Å². The maximum Gasteiger partial charge on any atom is 0.225 e. The van der Waals surface area contributed by atoms with Crippen LogP contribution < -0.4 is 16.0 Å². The Kier molecular flexibility index (Phi) is 6.74. The molecule has 1 aliphatic rings. The number of nitrogens with two attached hydrogens (primary N) is 1. The Hall–Kier alpha value is -2.05. The quantitative estimate of drug-likeness (QED) is 0.584. The summed E-state index contributed by atoms with van der Waals surface area (Å²) in [6.45, 7) is 4.53. The number of anilines is 1. The highest BCUT2D eigenvalue weighted by Crippen LogP contribution is 2.26. The number of hydrogen-bond acceptors (Lipinski definition) is 4. The molecule has 3 rings (SSSR count). The molecule has 1 saturated heterocycles. The molecule has 144 valence electrons. The van der Waals surface area contributed by atoms with Crippen molar-refractivity contribution in [1.82, 2.24) is 15.3 Å². The predicted octanol–water partition coefficient (Wildman–Crippen LogP) is 3.67. The Morgan fingerprint density at radius 2 is 2.15 bits per heavy atom. The summed E-state index contributed by atoms with van der Waals surface area (Å²) in [6, 6.07) is 7.21. The van der Waals surface area contributed by atoms with E-state index in [4.69, 9.17) is 28.9 Å². The molecule has 0 aliphatic carbocycles. The number of guanidine groups is 1. The standard InChI is InChI=1S/C19H24Cl2N6/c1-13(16-6-5-15(20)10-17(16)21)26-18(22)25-11-14-4-2-9-27(12-14)19-23-7-3-8-24-19/h3,5-8,10,13-14H,2,4,9,11-12H2,1H3,(H3,22,25,26). The van der Waals surface area contributed by atoms with Crippen LogP contribution in [0.4, 0.5) is 5.95 Å². The van der Waals surface area contributed by atoms with Crippen molar-refractivity contribution in [2.24, 2.45) is 16.6 Å². The largest absolute Gasteiger partial charge is 0.370 e. The summed E-state index contributed by atoms with van der Waals surface area (Å²) in [7, 11) is 0. The van der Waals surface area contributed by atoms with Gasteiger partial charge < -0.3 is 16.0 Å². The molecule has 27 heavy (non-hydrogen) atoms. The number of benzene rings is 1. The molecule has 2 atom stereocenters. The SMILES string of the molecule is CC(NC(N)=NCC1CCCN(c2ncccn2)C1)c1ccc(Cl)cc1Cl. The van der Waals surface area contributed by atoms with Crippen molar-refractivity contribution >= 4 is 35.1 Å². The Labute approximate surface area is 169 Å². The molecule has 0 spiro atoms. The van der Waals surface area contributed by atoms with Crippen LogP contribution in [0.2, 0.25) is 10.0 Å². The highest BCUT2D eigenvalue weighted by molar-refractivity contribution is 6.35. The second-order valence-electron chi connectivity index (χ2n) is 6.76. The van der Waals surface area contributed by atoms with Gasteiger partial charge in [0.25, 0.3) is 0 Å². The van der Waals surface area contributed by atoms with Gasteiger partial charge in [-0.05, 0) is 49.4 Å². The zero-order chi connectivity index (χ0) is 19.2. The molecule has 2 unspecified atom stereocenters. The number of nitrogens with one attached hydrogen (secondary N) is 1. The number of aliphatic imine (C=N–C) groups is 1. The Balaban J connectivity index is 1.55. The van der Waals surface area contributed by atoms with Gasteiger partial charge in [-0.2, -0.15) is 0 Å². The third-order valence-corrected chi connectivity index (χ3v) is 5.23. The van der Waals surface area contributed by atoms with E-state index in [1.54, 1.807) is 18.5 Å². The fourth-order valence-corrected chi connectivity index (χ4v) is 3.85. The van der Waals surface area contributed by atoms with Gasteiger partial charge in [-0.3, -0.25) is 4.99 Å². The van der Waals surface area contributed by atoms with Crippen molar-refractivity contribution in [2.75, 3.05) is 24.5 Å². The van der Waals surface area contributed by atoms with Crippen LogP contribution in [0.15, 0.2) is 41.7 Å². The molecule has 2 heterocycles. The molecule has 0 amide bonds. The van der Waals surface area contributed by atoms with E-state index in [9.17, 15) is 0 Å². The average molecular weight is 407 g/mol. The fourth-order valence-electron chi connectivity index (χ4n) is 3.28. The summed E-state index contributed by atoms with van der Waals surface area (Å²) < 4.78 is 0. The Bertz CT molecular complexity index is 783. The smallest absolute Gasteiger partial charge is 0.225 e. The van der Waals surface area contributed by atoms with Crippen molar-refractivity contribution < 1.29 is 0 Å². The fraction of sp³-hybridized carbons (Fsp3) is 0.421. The molecule has 6 nitrogen and oxygen atoms in total. The highest BCUT2D eigenvalue weighted by Gasteiger charge is 2.21. The minimum Gasteiger partial charge on any atom is -0.370 e. The maximum atomic E-state index is 6.26. The zero-order valence-corrected chi connectivity index (χ0v) is 16.8. The van der Waals surface area contributed by atoms with E-state index < -0.39 is 0 Å². The zero-order valence-electron chi connectivity index (χ0n) is 15.3. The summed E-state index contributed by atoms with van der Waals surface area (Å²) in [5.41, 5.74) is 7.02.